The molecule has 1 aromatic carbocycles. The molecule has 3 nitrogen and oxygen atoms in total. The van der Waals surface area contributed by atoms with Gasteiger partial charge in [0.25, 0.3) is 0 Å². The summed E-state index contributed by atoms with van der Waals surface area (Å²) in [6.45, 7) is 6.41. The van der Waals surface area contributed by atoms with E-state index in [9.17, 15) is 9.90 Å². The van der Waals surface area contributed by atoms with Crippen LogP contribution in [0.1, 0.15) is 55.9 Å². The maximum absolute atomic E-state index is 13.2. The summed E-state index contributed by atoms with van der Waals surface area (Å²) in [7, 11) is 0. The average molecular weight is 326 g/mol. The number of hydrogen-bond donors (Lipinski definition) is 1. The summed E-state index contributed by atoms with van der Waals surface area (Å²) < 4.78 is 5.90. The van der Waals surface area contributed by atoms with Gasteiger partial charge in [0.15, 0.2) is 5.78 Å². The average Bonchev–Trinajstić information content (AvgIpc) is 3.28. The third-order valence-corrected chi connectivity index (χ3v) is 6.18. The number of allylic oxidation sites excluding steroid dienone is 1. The van der Waals surface area contributed by atoms with Crippen LogP contribution in [0.3, 0.4) is 0 Å². The molecule has 128 valence electrons. The van der Waals surface area contributed by atoms with Crippen LogP contribution in [-0.2, 0) is 28.8 Å². The van der Waals surface area contributed by atoms with E-state index in [0.717, 1.165) is 37.7 Å². The summed E-state index contributed by atoms with van der Waals surface area (Å²) in [6.07, 6.45) is 4.70. The lowest BCUT2D eigenvalue weighted by atomic mass is 9.80. The fourth-order valence-electron chi connectivity index (χ4n) is 4.99. The molecule has 1 aliphatic carbocycles. The highest BCUT2D eigenvalue weighted by Gasteiger charge is 2.59. The molecule has 2 saturated heterocycles. The molecule has 3 heteroatoms. The molecule has 3 aliphatic rings. The molecule has 0 spiro atoms. The van der Waals surface area contributed by atoms with Crippen molar-refractivity contribution >= 4 is 11.4 Å². The summed E-state index contributed by atoms with van der Waals surface area (Å²) in [5.74, 6) is 0.148. The summed E-state index contributed by atoms with van der Waals surface area (Å²) in [4.78, 5) is 13.2. The van der Waals surface area contributed by atoms with Crippen molar-refractivity contribution in [1.29, 1.82) is 0 Å². The molecule has 1 N–H and O–H groups in total. The first kappa shape index (κ1) is 15.9. The molecule has 1 aromatic rings. The number of ether oxygens (including phenoxy) is 1. The van der Waals surface area contributed by atoms with Crippen LogP contribution < -0.4 is 0 Å². The van der Waals surface area contributed by atoms with E-state index in [2.05, 4.69) is 32.9 Å². The lowest BCUT2D eigenvalue weighted by Gasteiger charge is -2.19. The Labute approximate surface area is 143 Å². The zero-order valence-electron chi connectivity index (χ0n) is 14.8. The number of aliphatic hydroxyl groups is 1. The molecule has 0 radical (unpaired) electrons. The Hall–Kier alpha value is -1.61. The van der Waals surface area contributed by atoms with Gasteiger partial charge in [-0.05, 0) is 54.4 Å². The number of rotatable bonds is 4. The Balaban J connectivity index is 1.88. The number of hydrogen-bond acceptors (Lipinski definition) is 3. The Bertz CT molecular complexity index is 706. The predicted octanol–water partition coefficient (Wildman–Crippen LogP) is 4.02. The van der Waals surface area contributed by atoms with E-state index in [0.29, 0.717) is 11.3 Å². The van der Waals surface area contributed by atoms with Crippen molar-refractivity contribution in [3.63, 3.8) is 0 Å². The van der Waals surface area contributed by atoms with E-state index in [1.165, 1.54) is 16.7 Å². The minimum atomic E-state index is -0.154. The van der Waals surface area contributed by atoms with E-state index in [1.807, 2.05) is 0 Å². The van der Waals surface area contributed by atoms with Crippen molar-refractivity contribution in [3.05, 3.63) is 40.1 Å². The van der Waals surface area contributed by atoms with Gasteiger partial charge >= 0.3 is 0 Å². The van der Waals surface area contributed by atoms with E-state index < -0.39 is 0 Å². The molecule has 24 heavy (non-hydrogen) atoms. The third-order valence-electron chi connectivity index (χ3n) is 6.18. The number of aliphatic hydroxyl groups excluding tert-OH is 1. The molecular weight excluding hydrogens is 300 g/mol. The second-order valence-electron chi connectivity index (χ2n) is 7.32. The molecule has 2 heterocycles. The van der Waals surface area contributed by atoms with Crippen molar-refractivity contribution in [2.75, 3.05) is 0 Å². The van der Waals surface area contributed by atoms with E-state index >= 15 is 0 Å². The molecule has 4 rings (SSSR count). The van der Waals surface area contributed by atoms with E-state index in [1.54, 1.807) is 0 Å². The zero-order chi connectivity index (χ0) is 17.0. The SMILES string of the molecule is CCc1cc(CC)c(C2=C(O)[C@@H]3C4CCC(O4)[C@@H]3C2=O)c(CC)c1. The number of aryl methyl sites for hydroxylation is 3. The molecule has 2 unspecified atom stereocenters. The Kier molecular flexibility index (Phi) is 3.80. The maximum atomic E-state index is 13.2. The molecule has 2 aliphatic heterocycles. The van der Waals surface area contributed by atoms with Gasteiger partial charge in [-0.2, -0.15) is 0 Å². The van der Waals surface area contributed by atoms with Crippen LogP contribution in [0.5, 0.6) is 0 Å². The van der Waals surface area contributed by atoms with E-state index in [-0.39, 0.29) is 29.8 Å². The fourth-order valence-corrected chi connectivity index (χ4v) is 4.99. The molecule has 0 amide bonds. The van der Waals surface area contributed by atoms with Crippen LogP contribution in [0.15, 0.2) is 17.9 Å². The van der Waals surface area contributed by atoms with Gasteiger partial charge in [-0.15, -0.1) is 0 Å². The van der Waals surface area contributed by atoms with Crippen LogP contribution in [0.2, 0.25) is 0 Å². The number of fused-ring (bicyclic) bond motifs is 5. The second-order valence-corrected chi connectivity index (χ2v) is 7.32. The van der Waals surface area contributed by atoms with Crippen LogP contribution in [0, 0.1) is 11.8 Å². The van der Waals surface area contributed by atoms with Crippen molar-refractivity contribution in [3.8, 4) is 0 Å². The summed E-state index contributed by atoms with van der Waals surface area (Å²) in [5.41, 5.74) is 5.29. The number of carbonyl (C=O) groups is 1. The molecule has 4 atom stereocenters. The number of benzene rings is 1. The van der Waals surface area contributed by atoms with Gasteiger partial charge in [0.2, 0.25) is 0 Å². The standard InChI is InChI=1S/C21H26O3/c1-4-11-9-12(5-2)16(13(6-3)10-11)19-20(22)17-14-7-8-15(24-14)18(17)21(19)23/h9-10,14-15,17-18,22H,4-8H2,1-3H3/t14?,15?,17-,18+/m1/s1. The van der Waals surface area contributed by atoms with Gasteiger partial charge in [0.05, 0.1) is 29.6 Å². The smallest absolute Gasteiger partial charge is 0.173 e. The highest BCUT2D eigenvalue weighted by Crippen LogP contribution is 2.54. The first-order valence-electron chi connectivity index (χ1n) is 9.38. The third kappa shape index (κ3) is 2.03. The topological polar surface area (TPSA) is 46.5 Å². The van der Waals surface area contributed by atoms with E-state index in [4.69, 9.17) is 4.74 Å². The molecule has 2 bridgehead atoms. The fraction of sp³-hybridized carbons (Fsp3) is 0.571. The first-order valence-corrected chi connectivity index (χ1v) is 9.38. The molecular formula is C21H26O3. The first-order chi connectivity index (χ1) is 11.6. The van der Waals surface area contributed by atoms with Crippen molar-refractivity contribution < 1.29 is 14.6 Å². The highest BCUT2D eigenvalue weighted by molar-refractivity contribution is 6.26. The Morgan fingerprint density at radius 3 is 2.08 bits per heavy atom. The zero-order valence-corrected chi connectivity index (χ0v) is 14.8. The largest absolute Gasteiger partial charge is 0.511 e. The molecule has 2 fully saturated rings. The Morgan fingerprint density at radius 1 is 1.00 bits per heavy atom. The monoisotopic (exact) mass is 326 g/mol. The lowest BCUT2D eigenvalue weighted by molar-refractivity contribution is -0.118. The van der Waals surface area contributed by atoms with Gasteiger partial charge in [0.1, 0.15) is 5.76 Å². The number of Topliss-reactive ketones (excluding diaryl/α,β-unsaturated/α-hetero) is 1. The van der Waals surface area contributed by atoms with Gasteiger partial charge < -0.3 is 9.84 Å². The van der Waals surface area contributed by atoms with Crippen molar-refractivity contribution in [2.24, 2.45) is 11.8 Å². The van der Waals surface area contributed by atoms with Gasteiger partial charge in [0, 0.05) is 0 Å². The predicted molar refractivity (Wildman–Crippen MR) is 94.0 cm³/mol. The lowest BCUT2D eigenvalue weighted by Crippen LogP contribution is -2.29. The maximum Gasteiger partial charge on any atom is 0.173 e. The summed E-state index contributed by atoms with van der Waals surface area (Å²) >= 11 is 0. The quantitative estimate of drug-likeness (QED) is 0.909. The Morgan fingerprint density at radius 2 is 1.58 bits per heavy atom. The minimum Gasteiger partial charge on any atom is -0.511 e. The highest BCUT2D eigenvalue weighted by atomic mass is 16.5. The van der Waals surface area contributed by atoms with Crippen molar-refractivity contribution in [2.45, 2.75) is 65.1 Å². The molecule has 0 aromatic heterocycles. The van der Waals surface area contributed by atoms with Crippen LogP contribution in [0.4, 0.5) is 0 Å². The van der Waals surface area contributed by atoms with Crippen LogP contribution >= 0.6 is 0 Å². The normalized spacial score (nSPS) is 31.2. The van der Waals surface area contributed by atoms with Crippen LogP contribution in [0.25, 0.3) is 5.57 Å². The summed E-state index contributed by atoms with van der Waals surface area (Å²) in [6, 6.07) is 4.42. The second kappa shape index (κ2) is 5.73. The van der Waals surface area contributed by atoms with Gasteiger partial charge in [-0.3, -0.25) is 4.79 Å². The van der Waals surface area contributed by atoms with Crippen LogP contribution in [-0.4, -0.2) is 23.1 Å². The van der Waals surface area contributed by atoms with Gasteiger partial charge in [-0.25, -0.2) is 0 Å². The number of carbonyl (C=O) groups excluding carboxylic acids is 1. The van der Waals surface area contributed by atoms with Crippen molar-refractivity contribution in [1.82, 2.24) is 0 Å². The molecule has 0 saturated carbocycles. The minimum absolute atomic E-state index is 0.0113. The number of ketones is 1. The van der Waals surface area contributed by atoms with Gasteiger partial charge in [-0.1, -0.05) is 32.9 Å². The summed E-state index contributed by atoms with van der Waals surface area (Å²) in [5, 5.41) is 11.0.